The van der Waals surface area contributed by atoms with Crippen molar-refractivity contribution in [2.24, 2.45) is 0 Å². The summed E-state index contributed by atoms with van der Waals surface area (Å²) in [6, 6.07) is 12.2. The number of carboxylic acid groups (broad SMARTS) is 1. The van der Waals surface area contributed by atoms with Gasteiger partial charge >= 0.3 is 5.97 Å². The summed E-state index contributed by atoms with van der Waals surface area (Å²) >= 11 is 0. The Hall–Kier alpha value is -2.11. The third kappa shape index (κ3) is 3.21. The van der Waals surface area contributed by atoms with E-state index in [0.29, 0.717) is 5.75 Å². The van der Waals surface area contributed by atoms with Crippen LogP contribution in [0.2, 0.25) is 0 Å². The number of ether oxygens (including phenoxy) is 1. The lowest BCUT2D eigenvalue weighted by Crippen LogP contribution is -2.43. The van der Waals surface area contributed by atoms with E-state index in [9.17, 15) is 4.79 Å². The molecule has 0 aromatic heterocycles. The van der Waals surface area contributed by atoms with Gasteiger partial charge < -0.3 is 20.1 Å². The fourth-order valence-corrected chi connectivity index (χ4v) is 2.92. The Balaban J connectivity index is 1.94. The number of hydrogen-bond acceptors (Lipinski definition) is 4. The number of nitrogens with one attached hydrogen (secondary N) is 1. The lowest BCUT2D eigenvalue weighted by molar-refractivity contribution is -0.139. The van der Waals surface area contributed by atoms with Crippen molar-refractivity contribution in [2.75, 3.05) is 33.3 Å². The molecule has 2 N–H and O–H groups in total. The largest absolute Gasteiger partial charge is 0.482 e. The van der Waals surface area contributed by atoms with Crippen LogP contribution in [0.25, 0.3) is 10.8 Å². The molecule has 0 saturated carbocycles. The Bertz CT molecular complexity index is 687. The van der Waals surface area contributed by atoms with Crippen molar-refractivity contribution in [1.29, 1.82) is 0 Å². The molecule has 1 aliphatic rings. The van der Waals surface area contributed by atoms with Crippen LogP contribution in [0, 0.1) is 0 Å². The van der Waals surface area contributed by atoms with Gasteiger partial charge in [0.1, 0.15) is 5.75 Å². The molecule has 22 heavy (non-hydrogen) atoms. The minimum Gasteiger partial charge on any atom is -0.482 e. The quantitative estimate of drug-likeness (QED) is 0.903. The molecule has 0 amide bonds. The van der Waals surface area contributed by atoms with E-state index >= 15 is 0 Å². The molecule has 0 aliphatic carbocycles. The maximum Gasteiger partial charge on any atom is 0.341 e. The van der Waals surface area contributed by atoms with Gasteiger partial charge in [0.05, 0.1) is 0 Å². The van der Waals surface area contributed by atoms with Crippen molar-refractivity contribution in [3.8, 4) is 5.75 Å². The van der Waals surface area contributed by atoms with E-state index < -0.39 is 5.97 Å². The zero-order valence-corrected chi connectivity index (χ0v) is 12.6. The Morgan fingerprint density at radius 1 is 1.41 bits per heavy atom. The summed E-state index contributed by atoms with van der Waals surface area (Å²) < 4.78 is 5.31. The summed E-state index contributed by atoms with van der Waals surface area (Å²) in [7, 11) is 2.13. The second-order valence-corrected chi connectivity index (χ2v) is 5.68. The van der Waals surface area contributed by atoms with Gasteiger partial charge in [-0.2, -0.15) is 0 Å². The third-order valence-electron chi connectivity index (χ3n) is 4.00. The van der Waals surface area contributed by atoms with Crippen LogP contribution in [0.5, 0.6) is 5.75 Å². The van der Waals surface area contributed by atoms with E-state index in [2.05, 4.69) is 35.5 Å². The number of likely N-dealkylation sites (N-methyl/N-ethyl adjacent to an activating group) is 1. The molecule has 3 rings (SSSR count). The third-order valence-corrected chi connectivity index (χ3v) is 4.00. The average Bonchev–Trinajstić information content (AvgIpc) is 2.52. The molecule has 1 unspecified atom stereocenters. The van der Waals surface area contributed by atoms with Crippen molar-refractivity contribution < 1.29 is 14.6 Å². The standard InChI is InChI=1S/C17H20N2O3/c1-19-8-7-18-16(10-19)14-4-2-3-12-5-6-13(9-15(12)14)22-11-17(20)21/h2-6,9,16,18H,7-8,10-11H2,1H3,(H,20,21). The number of hydrogen-bond donors (Lipinski definition) is 2. The zero-order valence-electron chi connectivity index (χ0n) is 12.6. The highest BCUT2D eigenvalue weighted by molar-refractivity contribution is 5.87. The topological polar surface area (TPSA) is 61.8 Å². The van der Waals surface area contributed by atoms with E-state index in [4.69, 9.17) is 9.84 Å². The van der Waals surface area contributed by atoms with Crippen molar-refractivity contribution in [3.63, 3.8) is 0 Å². The summed E-state index contributed by atoms with van der Waals surface area (Å²) in [5, 5.41) is 14.5. The Morgan fingerprint density at radius 2 is 2.27 bits per heavy atom. The van der Waals surface area contributed by atoms with Crippen LogP contribution < -0.4 is 10.1 Å². The van der Waals surface area contributed by atoms with Crippen LogP contribution >= 0.6 is 0 Å². The van der Waals surface area contributed by atoms with Crippen LogP contribution in [-0.4, -0.2) is 49.3 Å². The second-order valence-electron chi connectivity index (χ2n) is 5.68. The number of piperazine rings is 1. The molecular formula is C17H20N2O3. The highest BCUT2D eigenvalue weighted by Crippen LogP contribution is 2.29. The van der Waals surface area contributed by atoms with E-state index in [1.807, 2.05) is 18.2 Å². The number of rotatable bonds is 4. The van der Waals surface area contributed by atoms with Gasteiger partial charge in [-0.1, -0.05) is 24.3 Å². The number of carboxylic acids is 1. The average molecular weight is 300 g/mol. The van der Waals surface area contributed by atoms with Crippen molar-refractivity contribution in [3.05, 3.63) is 42.0 Å². The molecule has 5 heteroatoms. The second kappa shape index (κ2) is 6.34. The van der Waals surface area contributed by atoms with E-state index in [0.717, 1.165) is 30.4 Å². The van der Waals surface area contributed by atoms with Gasteiger partial charge in [0, 0.05) is 25.7 Å². The normalized spacial score (nSPS) is 19.2. The maximum absolute atomic E-state index is 10.6. The summed E-state index contributed by atoms with van der Waals surface area (Å²) in [5.74, 6) is -0.379. The van der Waals surface area contributed by atoms with Gasteiger partial charge in [0.2, 0.25) is 0 Å². The first-order valence-electron chi connectivity index (χ1n) is 7.42. The Morgan fingerprint density at radius 3 is 3.05 bits per heavy atom. The predicted molar refractivity (Wildman–Crippen MR) is 85.3 cm³/mol. The maximum atomic E-state index is 10.6. The van der Waals surface area contributed by atoms with E-state index in [1.54, 1.807) is 0 Å². The van der Waals surface area contributed by atoms with Crippen molar-refractivity contribution >= 4 is 16.7 Å². The monoisotopic (exact) mass is 300 g/mol. The predicted octanol–water partition coefficient (Wildman–Crippen LogP) is 1.88. The number of nitrogens with zero attached hydrogens (tertiary/aromatic N) is 1. The highest BCUT2D eigenvalue weighted by Gasteiger charge is 2.20. The van der Waals surface area contributed by atoms with Gasteiger partial charge in [-0.15, -0.1) is 0 Å². The first kappa shape index (κ1) is 14.8. The van der Waals surface area contributed by atoms with Gasteiger partial charge in [-0.3, -0.25) is 0 Å². The first-order chi connectivity index (χ1) is 10.6. The van der Waals surface area contributed by atoms with E-state index in [1.165, 1.54) is 5.56 Å². The van der Waals surface area contributed by atoms with Crippen molar-refractivity contribution in [2.45, 2.75) is 6.04 Å². The van der Waals surface area contributed by atoms with Gasteiger partial charge in [0.25, 0.3) is 0 Å². The SMILES string of the molecule is CN1CCNC(c2cccc3ccc(OCC(=O)O)cc23)C1. The molecule has 1 saturated heterocycles. The highest BCUT2D eigenvalue weighted by atomic mass is 16.5. The van der Waals surface area contributed by atoms with E-state index in [-0.39, 0.29) is 12.6 Å². The minimum absolute atomic E-state index is 0.275. The van der Waals surface area contributed by atoms with Gasteiger partial charge in [-0.25, -0.2) is 4.79 Å². The molecule has 1 fully saturated rings. The molecule has 2 aromatic carbocycles. The lowest BCUT2D eigenvalue weighted by Gasteiger charge is -2.31. The zero-order chi connectivity index (χ0) is 15.5. The van der Waals surface area contributed by atoms with Crippen LogP contribution in [0.15, 0.2) is 36.4 Å². The first-order valence-corrected chi connectivity index (χ1v) is 7.42. The van der Waals surface area contributed by atoms with Gasteiger partial charge in [0.15, 0.2) is 6.61 Å². The molecule has 0 bridgehead atoms. The molecule has 1 aliphatic heterocycles. The molecular weight excluding hydrogens is 280 g/mol. The number of benzene rings is 2. The molecule has 1 atom stereocenters. The number of fused-ring (bicyclic) bond motifs is 1. The molecule has 1 heterocycles. The minimum atomic E-state index is -0.969. The number of aliphatic carboxylic acids is 1. The fourth-order valence-electron chi connectivity index (χ4n) is 2.92. The fraction of sp³-hybridized carbons (Fsp3) is 0.353. The summed E-state index contributed by atoms with van der Waals surface area (Å²) in [6.45, 7) is 2.65. The van der Waals surface area contributed by atoms with Crippen LogP contribution in [0.4, 0.5) is 0 Å². The molecule has 0 spiro atoms. The van der Waals surface area contributed by atoms with Gasteiger partial charge in [-0.05, 0) is 35.5 Å². The van der Waals surface area contributed by atoms with Crippen LogP contribution in [-0.2, 0) is 4.79 Å². The summed E-state index contributed by atoms with van der Waals surface area (Å²) in [5.41, 5.74) is 1.23. The molecule has 116 valence electrons. The summed E-state index contributed by atoms with van der Waals surface area (Å²) in [6.07, 6.45) is 0. The summed E-state index contributed by atoms with van der Waals surface area (Å²) in [4.78, 5) is 13.0. The molecule has 5 nitrogen and oxygen atoms in total. The lowest BCUT2D eigenvalue weighted by atomic mass is 9.97. The Kier molecular flexibility index (Phi) is 4.27. The van der Waals surface area contributed by atoms with Crippen LogP contribution in [0.1, 0.15) is 11.6 Å². The number of carbonyl (C=O) groups is 1. The Labute approximate surface area is 129 Å². The molecule has 2 aromatic rings. The molecule has 0 radical (unpaired) electrons. The van der Waals surface area contributed by atoms with Crippen molar-refractivity contribution in [1.82, 2.24) is 10.2 Å². The smallest absolute Gasteiger partial charge is 0.341 e. The van der Waals surface area contributed by atoms with Crippen LogP contribution in [0.3, 0.4) is 0 Å².